The van der Waals surface area contributed by atoms with Crippen LogP contribution in [-0.2, 0) is 49.6 Å². The summed E-state index contributed by atoms with van der Waals surface area (Å²) in [5, 5.41) is 7.37. The van der Waals surface area contributed by atoms with Crippen LogP contribution in [0.25, 0.3) is 0 Å². The number of fused-ring (bicyclic) bond motifs is 1. The highest BCUT2D eigenvalue weighted by Crippen LogP contribution is 2.48. The Morgan fingerprint density at radius 2 is 1.41 bits per heavy atom. The molecule has 3 aromatic carbocycles. The summed E-state index contributed by atoms with van der Waals surface area (Å²) >= 11 is 1.48. The number of nitrogens with zero attached hydrogens (tertiary/aromatic N) is 2. The summed E-state index contributed by atoms with van der Waals surface area (Å²) in [6.45, 7) is 9.96. The summed E-state index contributed by atoms with van der Waals surface area (Å²) in [6.07, 6.45) is 0.443. The number of ether oxygens (including phenoxy) is 3. The number of nitrogens with one attached hydrogen (secondary N) is 3. The number of amides is 2. The molecule has 1 saturated heterocycles. The summed E-state index contributed by atoms with van der Waals surface area (Å²) in [6, 6.07) is 28.5. The summed E-state index contributed by atoms with van der Waals surface area (Å²) in [5.74, 6) is -1.63. The fraction of sp³-hybridized carbons (Fsp3) is 0.386. The molecular formula is C44H49N5O7S2. The van der Waals surface area contributed by atoms with Crippen LogP contribution in [0.4, 0.5) is 0 Å². The number of carbonyl (C=O) groups is 4. The maximum atomic E-state index is 14.3. The molecule has 2 unspecified atom stereocenters. The predicted octanol–water partition coefficient (Wildman–Crippen LogP) is 6.29. The first-order chi connectivity index (χ1) is 27.6. The Hall–Kier alpha value is -5.05. The molecule has 58 heavy (non-hydrogen) atoms. The average Bonchev–Trinajstić information content (AvgIpc) is 3.97. The molecule has 0 radical (unpaired) electrons. The van der Waals surface area contributed by atoms with Crippen molar-refractivity contribution in [3.05, 3.63) is 130 Å². The second kappa shape index (κ2) is 16.3. The fourth-order valence-corrected chi connectivity index (χ4v) is 9.71. The third-order valence-corrected chi connectivity index (χ3v) is 12.2. The molecule has 0 bridgehead atoms. The van der Waals surface area contributed by atoms with Gasteiger partial charge in [-0.15, -0.1) is 11.8 Å². The van der Waals surface area contributed by atoms with Gasteiger partial charge in [-0.1, -0.05) is 91.0 Å². The standard InChI is InChI=1S/C44H49N5O7S2/c1-42(2,3)55-33(50)24-54-36(37(51)47-34-38(52)49-35(40(53)56-43(4,5)6)31(27-22-23-27)25-57-39(34)49)32-26-58(45)41(46-32)48-44(28-16-10-7-11-17-28,29-18-12-8-13-19-29)30-20-14-9-15-21-30/h7-21,26-27,34,36,39,45H,22-25H2,1-6H3,(H,46,48)(H,47,51)/t34-,36?,39-,58?/m1/s1. The fourth-order valence-electron chi connectivity index (χ4n) is 7.24. The first kappa shape index (κ1) is 41.1. The number of benzene rings is 3. The summed E-state index contributed by atoms with van der Waals surface area (Å²) in [7, 11) is -1.40. The van der Waals surface area contributed by atoms with E-state index in [1.807, 2.05) is 91.0 Å². The molecule has 1 aliphatic carbocycles. The van der Waals surface area contributed by atoms with Crippen molar-refractivity contribution in [2.24, 2.45) is 10.9 Å². The molecule has 7 rings (SSSR count). The van der Waals surface area contributed by atoms with Crippen LogP contribution in [0.2, 0.25) is 0 Å². The lowest BCUT2D eigenvalue weighted by atomic mass is 9.77. The molecule has 0 aromatic heterocycles. The Balaban J connectivity index is 1.20. The number of β-lactam (4-membered cyclic amide) rings is 1. The quantitative estimate of drug-likeness (QED) is 0.108. The highest BCUT2D eigenvalue weighted by molar-refractivity contribution is 8.04. The van der Waals surface area contributed by atoms with Gasteiger partial charge in [0.05, 0.1) is 5.70 Å². The van der Waals surface area contributed by atoms with Crippen molar-refractivity contribution in [1.82, 2.24) is 15.5 Å². The van der Waals surface area contributed by atoms with Crippen molar-refractivity contribution < 1.29 is 33.4 Å². The van der Waals surface area contributed by atoms with E-state index in [9.17, 15) is 24.0 Å². The zero-order chi connectivity index (χ0) is 41.4. The third-order valence-electron chi connectivity index (χ3n) is 9.81. The Morgan fingerprint density at radius 3 is 1.91 bits per heavy atom. The van der Waals surface area contributed by atoms with Crippen LogP contribution < -0.4 is 10.6 Å². The monoisotopic (exact) mass is 823 g/mol. The van der Waals surface area contributed by atoms with Gasteiger partial charge in [-0.3, -0.25) is 19.3 Å². The van der Waals surface area contributed by atoms with Gasteiger partial charge < -0.3 is 24.8 Å². The lowest BCUT2D eigenvalue weighted by molar-refractivity contribution is -0.163. The van der Waals surface area contributed by atoms with Gasteiger partial charge in [0.2, 0.25) is 0 Å². The number of rotatable bonds is 12. The van der Waals surface area contributed by atoms with E-state index in [4.69, 9.17) is 19.2 Å². The van der Waals surface area contributed by atoms with Gasteiger partial charge in [0.25, 0.3) is 11.8 Å². The van der Waals surface area contributed by atoms with E-state index >= 15 is 0 Å². The van der Waals surface area contributed by atoms with Crippen LogP contribution in [0.3, 0.4) is 0 Å². The lowest BCUT2D eigenvalue weighted by Gasteiger charge is -2.50. The molecule has 4 aliphatic rings. The van der Waals surface area contributed by atoms with Crippen LogP contribution in [0.5, 0.6) is 0 Å². The number of hydrogen-bond donors (Lipinski definition) is 3. The maximum absolute atomic E-state index is 14.3. The predicted molar refractivity (Wildman–Crippen MR) is 224 cm³/mol. The second-order valence-electron chi connectivity index (χ2n) is 16.6. The van der Waals surface area contributed by atoms with Crippen LogP contribution >= 0.6 is 11.8 Å². The second-order valence-corrected chi connectivity index (χ2v) is 19.0. The van der Waals surface area contributed by atoms with Crippen molar-refractivity contribution in [3.8, 4) is 0 Å². The zero-order valence-electron chi connectivity index (χ0n) is 33.4. The van der Waals surface area contributed by atoms with Gasteiger partial charge in [0.15, 0.2) is 11.3 Å². The molecule has 12 nitrogen and oxygen atoms in total. The highest BCUT2D eigenvalue weighted by Gasteiger charge is 2.56. The minimum absolute atomic E-state index is 0.200. The van der Waals surface area contributed by atoms with Crippen molar-refractivity contribution in [3.63, 3.8) is 0 Å². The molecule has 3 heterocycles. The Morgan fingerprint density at radius 1 is 0.879 bits per heavy atom. The summed E-state index contributed by atoms with van der Waals surface area (Å²) in [4.78, 5) is 61.5. The Bertz CT molecular complexity index is 2100. The average molecular weight is 824 g/mol. The number of carbonyl (C=O) groups excluding carboxylic acids is 4. The summed E-state index contributed by atoms with van der Waals surface area (Å²) < 4.78 is 26.5. The number of thioether (sulfide) groups is 1. The smallest absolute Gasteiger partial charge is 0.355 e. The molecule has 3 N–H and O–H groups in total. The molecule has 1 saturated carbocycles. The van der Waals surface area contributed by atoms with Gasteiger partial charge in [0.1, 0.15) is 40.5 Å². The van der Waals surface area contributed by atoms with Gasteiger partial charge in [-0.2, -0.15) is 0 Å². The molecular weight excluding hydrogens is 775 g/mol. The van der Waals surface area contributed by atoms with Gasteiger partial charge >= 0.3 is 11.9 Å². The Kier molecular flexibility index (Phi) is 11.6. The van der Waals surface area contributed by atoms with Crippen LogP contribution in [0, 0.1) is 10.7 Å². The third kappa shape index (κ3) is 8.69. The number of hydrogen-bond acceptors (Lipinski definition) is 10. The van der Waals surface area contributed by atoms with E-state index < -0.39 is 75.3 Å². The lowest BCUT2D eigenvalue weighted by Crippen LogP contribution is -2.71. The van der Waals surface area contributed by atoms with E-state index in [-0.39, 0.29) is 22.5 Å². The first-order valence-electron chi connectivity index (χ1n) is 19.3. The minimum atomic E-state index is -1.45. The SMILES string of the molecule is CC(C)(C)OC(=O)COC(C(=O)N[C@@H]1C(=O)N2C(C(=O)OC(C)(C)C)=C(C3CC3)CS[C@H]12)C1=CS(=N)C(=NC(c2ccccc2)(c2ccccc2)c2ccccc2)N1. The van der Waals surface area contributed by atoms with E-state index in [1.165, 1.54) is 16.7 Å². The highest BCUT2D eigenvalue weighted by atomic mass is 32.2. The van der Waals surface area contributed by atoms with Crippen molar-refractivity contribution >= 4 is 51.4 Å². The van der Waals surface area contributed by atoms with Crippen molar-refractivity contribution in [1.29, 1.82) is 4.78 Å². The minimum Gasteiger partial charge on any atom is -0.458 e. The van der Waals surface area contributed by atoms with Crippen LogP contribution in [0.15, 0.2) is 118 Å². The molecule has 14 heteroatoms. The molecule has 2 fully saturated rings. The number of esters is 2. The Labute approximate surface area is 345 Å². The largest absolute Gasteiger partial charge is 0.458 e. The molecule has 4 atom stereocenters. The normalized spacial score (nSPS) is 22.0. The molecule has 0 spiro atoms. The van der Waals surface area contributed by atoms with E-state index in [2.05, 4.69) is 10.6 Å². The molecule has 3 aromatic rings. The van der Waals surface area contributed by atoms with Gasteiger partial charge in [-0.25, -0.2) is 14.6 Å². The first-order valence-corrected chi connectivity index (χ1v) is 21.6. The maximum Gasteiger partial charge on any atom is 0.355 e. The van der Waals surface area contributed by atoms with Crippen LogP contribution in [0.1, 0.15) is 71.1 Å². The van der Waals surface area contributed by atoms with Gasteiger partial charge in [0, 0.05) is 11.2 Å². The van der Waals surface area contributed by atoms with E-state index in [1.54, 1.807) is 47.0 Å². The topological polar surface area (TPSA) is 159 Å². The summed E-state index contributed by atoms with van der Waals surface area (Å²) in [5.41, 5.74) is 1.32. The zero-order valence-corrected chi connectivity index (χ0v) is 35.1. The number of aliphatic imine (C=N–C) groups is 1. The molecule has 3 aliphatic heterocycles. The van der Waals surface area contributed by atoms with E-state index in [0.717, 1.165) is 35.1 Å². The van der Waals surface area contributed by atoms with Crippen molar-refractivity contribution in [2.45, 2.75) is 88.6 Å². The van der Waals surface area contributed by atoms with Crippen molar-refractivity contribution in [2.75, 3.05) is 12.4 Å². The van der Waals surface area contributed by atoms with Crippen LogP contribution in [-0.4, -0.2) is 74.9 Å². The number of amidine groups is 1. The van der Waals surface area contributed by atoms with E-state index in [0.29, 0.717) is 5.75 Å². The van der Waals surface area contributed by atoms with Gasteiger partial charge in [-0.05, 0) is 93.3 Å². The molecule has 304 valence electrons. The molecule has 2 amide bonds.